The van der Waals surface area contributed by atoms with Crippen LogP contribution >= 0.6 is 0 Å². The third-order valence-corrected chi connectivity index (χ3v) is 3.68. The molecule has 5 heteroatoms. The average molecular weight is 288 g/mol. The van der Waals surface area contributed by atoms with Crippen LogP contribution in [-0.4, -0.2) is 29.0 Å². The second kappa shape index (κ2) is 5.41. The Hall–Kier alpha value is -2.01. The molecule has 1 aliphatic rings. The van der Waals surface area contributed by atoms with Crippen molar-refractivity contribution in [2.24, 2.45) is 0 Å². The SMILES string of the molecule is CCCC(C)(O)CNc1nccc2cc3c(cc12)OCO3. The third-order valence-electron chi connectivity index (χ3n) is 3.68. The molecular formula is C16H20N2O3. The first-order chi connectivity index (χ1) is 10.1. The highest BCUT2D eigenvalue weighted by molar-refractivity contribution is 5.94. The van der Waals surface area contributed by atoms with Gasteiger partial charge in [-0.25, -0.2) is 4.98 Å². The van der Waals surface area contributed by atoms with Gasteiger partial charge < -0.3 is 19.9 Å². The van der Waals surface area contributed by atoms with Crippen molar-refractivity contribution >= 4 is 16.6 Å². The molecule has 0 saturated carbocycles. The van der Waals surface area contributed by atoms with Gasteiger partial charge in [-0.15, -0.1) is 0 Å². The van der Waals surface area contributed by atoms with Gasteiger partial charge in [0.25, 0.3) is 0 Å². The zero-order chi connectivity index (χ0) is 14.9. The molecule has 21 heavy (non-hydrogen) atoms. The molecule has 0 radical (unpaired) electrons. The van der Waals surface area contributed by atoms with E-state index in [0.717, 1.165) is 40.9 Å². The Morgan fingerprint density at radius 3 is 2.86 bits per heavy atom. The van der Waals surface area contributed by atoms with Gasteiger partial charge in [0.2, 0.25) is 6.79 Å². The van der Waals surface area contributed by atoms with Gasteiger partial charge in [0, 0.05) is 18.1 Å². The topological polar surface area (TPSA) is 63.6 Å². The first kappa shape index (κ1) is 13.9. The van der Waals surface area contributed by atoms with Crippen molar-refractivity contribution in [1.82, 2.24) is 4.98 Å². The number of fused-ring (bicyclic) bond motifs is 2. The van der Waals surface area contributed by atoms with Crippen LogP contribution in [-0.2, 0) is 0 Å². The van der Waals surface area contributed by atoms with E-state index in [-0.39, 0.29) is 6.79 Å². The number of ether oxygens (including phenoxy) is 2. The van der Waals surface area contributed by atoms with Gasteiger partial charge in [-0.3, -0.25) is 0 Å². The minimum Gasteiger partial charge on any atom is -0.454 e. The van der Waals surface area contributed by atoms with Crippen molar-refractivity contribution in [3.8, 4) is 11.5 Å². The molecular weight excluding hydrogens is 268 g/mol. The number of pyridine rings is 1. The van der Waals surface area contributed by atoms with Crippen molar-refractivity contribution in [1.29, 1.82) is 0 Å². The number of rotatable bonds is 5. The predicted molar refractivity (Wildman–Crippen MR) is 81.9 cm³/mol. The molecule has 0 aliphatic carbocycles. The molecule has 3 rings (SSSR count). The number of benzene rings is 1. The van der Waals surface area contributed by atoms with Crippen LogP contribution < -0.4 is 14.8 Å². The fraction of sp³-hybridized carbons (Fsp3) is 0.438. The lowest BCUT2D eigenvalue weighted by atomic mass is 10.0. The molecule has 2 N–H and O–H groups in total. The van der Waals surface area contributed by atoms with Crippen LogP contribution in [0.2, 0.25) is 0 Å². The molecule has 0 spiro atoms. The number of nitrogens with zero attached hydrogens (tertiary/aromatic N) is 1. The Bertz CT molecular complexity index is 655. The molecule has 1 aromatic heterocycles. The number of hydrogen-bond acceptors (Lipinski definition) is 5. The smallest absolute Gasteiger partial charge is 0.231 e. The van der Waals surface area contributed by atoms with Crippen molar-refractivity contribution in [2.75, 3.05) is 18.7 Å². The normalized spacial score (nSPS) is 16.0. The number of aromatic nitrogens is 1. The van der Waals surface area contributed by atoms with Crippen LogP contribution in [0.3, 0.4) is 0 Å². The highest BCUT2D eigenvalue weighted by Crippen LogP contribution is 2.37. The Balaban J connectivity index is 1.89. The number of hydrogen-bond donors (Lipinski definition) is 2. The van der Waals surface area contributed by atoms with Gasteiger partial charge in [-0.05, 0) is 36.9 Å². The molecule has 0 bridgehead atoms. The molecule has 1 unspecified atom stereocenters. The minimum absolute atomic E-state index is 0.257. The Morgan fingerprint density at radius 2 is 2.10 bits per heavy atom. The van der Waals surface area contributed by atoms with Gasteiger partial charge in [-0.1, -0.05) is 13.3 Å². The minimum atomic E-state index is -0.741. The van der Waals surface area contributed by atoms with E-state index < -0.39 is 5.60 Å². The zero-order valence-electron chi connectivity index (χ0n) is 12.3. The van der Waals surface area contributed by atoms with E-state index in [2.05, 4.69) is 17.2 Å². The molecule has 2 aromatic rings. The highest BCUT2D eigenvalue weighted by Gasteiger charge is 2.20. The fourth-order valence-electron chi connectivity index (χ4n) is 2.60. The van der Waals surface area contributed by atoms with Crippen LogP contribution in [0.5, 0.6) is 11.5 Å². The summed E-state index contributed by atoms with van der Waals surface area (Å²) in [7, 11) is 0. The average Bonchev–Trinajstić information content (AvgIpc) is 2.90. The molecule has 0 fully saturated rings. The van der Waals surface area contributed by atoms with Gasteiger partial charge in [0.1, 0.15) is 5.82 Å². The van der Waals surface area contributed by atoms with E-state index >= 15 is 0 Å². The Morgan fingerprint density at radius 1 is 1.33 bits per heavy atom. The summed E-state index contributed by atoms with van der Waals surface area (Å²) in [6.45, 7) is 4.61. The van der Waals surface area contributed by atoms with E-state index in [4.69, 9.17) is 9.47 Å². The predicted octanol–water partition coefficient (Wildman–Crippen LogP) is 2.93. The molecule has 5 nitrogen and oxygen atoms in total. The Kier molecular flexibility index (Phi) is 3.59. The lowest BCUT2D eigenvalue weighted by Gasteiger charge is -2.23. The molecule has 0 amide bonds. The standard InChI is InChI=1S/C16H20N2O3/c1-3-5-16(2,19)9-18-15-12-8-14-13(20-10-21-14)7-11(12)4-6-17-15/h4,6-8,19H,3,5,9-10H2,1-2H3,(H,17,18). The third kappa shape index (κ3) is 2.88. The molecule has 1 aliphatic heterocycles. The molecule has 1 atom stereocenters. The van der Waals surface area contributed by atoms with Crippen LogP contribution in [0.1, 0.15) is 26.7 Å². The molecule has 2 heterocycles. The lowest BCUT2D eigenvalue weighted by Crippen LogP contribution is -2.33. The van der Waals surface area contributed by atoms with Crippen molar-refractivity contribution < 1.29 is 14.6 Å². The summed E-state index contributed by atoms with van der Waals surface area (Å²) < 4.78 is 10.8. The van der Waals surface area contributed by atoms with Crippen LogP contribution in [0.4, 0.5) is 5.82 Å². The zero-order valence-corrected chi connectivity index (χ0v) is 12.3. The van der Waals surface area contributed by atoms with E-state index in [0.29, 0.717) is 6.54 Å². The van der Waals surface area contributed by atoms with Crippen molar-refractivity contribution in [3.05, 3.63) is 24.4 Å². The Labute approximate surface area is 123 Å². The van der Waals surface area contributed by atoms with Crippen LogP contribution in [0.25, 0.3) is 10.8 Å². The number of anilines is 1. The second-order valence-electron chi connectivity index (χ2n) is 5.69. The van der Waals surface area contributed by atoms with Gasteiger partial charge in [-0.2, -0.15) is 0 Å². The summed E-state index contributed by atoms with van der Waals surface area (Å²) in [6.07, 6.45) is 3.44. The van der Waals surface area contributed by atoms with E-state index in [1.165, 1.54) is 0 Å². The summed E-state index contributed by atoms with van der Waals surface area (Å²) in [5, 5.41) is 15.5. The van der Waals surface area contributed by atoms with Gasteiger partial charge in [0.05, 0.1) is 5.60 Å². The first-order valence-corrected chi connectivity index (χ1v) is 7.24. The van der Waals surface area contributed by atoms with E-state index in [9.17, 15) is 5.11 Å². The maximum absolute atomic E-state index is 10.3. The van der Waals surface area contributed by atoms with Crippen LogP contribution in [0.15, 0.2) is 24.4 Å². The summed E-state index contributed by atoms with van der Waals surface area (Å²) in [6, 6.07) is 5.82. The van der Waals surface area contributed by atoms with E-state index in [1.807, 2.05) is 25.1 Å². The quantitative estimate of drug-likeness (QED) is 0.885. The molecule has 0 saturated heterocycles. The maximum atomic E-state index is 10.3. The van der Waals surface area contributed by atoms with Gasteiger partial charge in [0.15, 0.2) is 11.5 Å². The number of nitrogens with one attached hydrogen (secondary N) is 1. The summed E-state index contributed by atoms with van der Waals surface area (Å²) in [5.74, 6) is 2.25. The van der Waals surface area contributed by atoms with Crippen LogP contribution in [0, 0.1) is 0 Å². The van der Waals surface area contributed by atoms with E-state index in [1.54, 1.807) is 6.20 Å². The molecule has 1 aromatic carbocycles. The summed E-state index contributed by atoms with van der Waals surface area (Å²) in [4.78, 5) is 4.38. The van der Waals surface area contributed by atoms with Gasteiger partial charge >= 0.3 is 0 Å². The fourth-order valence-corrected chi connectivity index (χ4v) is 2.60. The van der Waals surface area contributed by atoms with Crippen molar-refractivity contribution in [2.45, 2.75) is 32.3 Å². The van der Waals surface area contributed by atoms with Crippen molar-refractivity contribution in [3.63, 3.8) is 0 Å². The largest absolute Gasteiger partial charge is 0.454 e. The summed E-state index contributed by atoms with van der Waals surface area (Å²) >= 11 is 0. The lowest BCUT2D eigenvalue weighted by molar-refractivity contribution is 0.0636. The maximum Gasteiger partial charge on any atom is 0.231 e. The monoisotopic (exact) mass is 288 g/mol. The first-order valence-electron chi connectivity index (χ1n) is 7.24. The molecule has 112 valence electrons. The number of aliphatic hydroxyl groups is 1. The summed E-state index contributed by atoms with van der Waals surface area (Å²) in [5.41, 5.74) is -0.741. The second-order valence-corrected chi connectivity index (χ2v) is 5.69. The highest BCUT2D eigenvalue weighted by atomic mass is 16.7.